The van der Waals surface area contributed by atoms with E-state index in [2.05, 4.69) is 27.3 Å². The number of halogens is 1. The minimum absolute atomic E-state index is 0.208. The number of ether oxygens (including phenoxy) is 1. The van der Waals surface area contributed by atoms with Crippen LogP contribution in [-0.2, 0) is 4.79 Å². The average molecular weight is 337 g/mol. The zero-order valence-electron chi connectivity index (χ0n) is 11.4. The standard InChI is InChI=1S/C15H17BrN2O2/c1-20-13-8-11(16)7-12(9-13)18-14(19)15(10-17)5-3-2-4-6-15/h7-9H,2-6H2,1H3,(H,18,19). The number of carbonyl (C=O) groups is 1. The molecule has 0 aliphatic heterocycles. The monoisotopic (exact) mass is 336 g/mol. The van der Waals surface area contributed by atoms with Crippen LogP contribution in [0.3, 0.4) is 0 Å². The van der Waals surface area contributed by atoms with Crippen molar-refractivity contribution in [3.05, 3.63) is 22.7 Å². The van der Waals surface area contributed by atoms with Crippen molar-refractivity contribution in [2.24, 2.45) is 5.41 Å². The van der Waals surface area contributed by atoms with Gasteiger partial charge < -0.3 is 10.1 Å². The van der Waals surface area contributed by atoms with Crippen LogP contribution < -0.4 is 10.1 Å². The van der Waals surface area contributed by atoms with Crippen LogP contribution in [0.25, 0.3) is 0 Å². The molecular formula is C15H17BrN2O2. The van der Waals surface area contributed by atoms with Gasteiger partial charge in [-0.1, -0.05) is 35.2 Å². The number of carbonyl (C=O) groups excluding carboxylic acids is 1. The van der Waals surface area contributed by atoms with Crippen molar-refractivity contribution in [3.63, 3.8) is 0 Å². The molecule has 1 aromatic rings. The van der Waals surface area contributed by atoms with E-state index in [1.54, 1.807) is 19.2 Å². The molecule has 0 aromatic heterocycles. The van der Waals surface area contributed by atoms with E-state index in [0.717, 1.165) is 23.7 Å². The van der Waals surface area contributed by atoms with Gasteiger partial charge >= 0.3 is 0 Å². The van der Waals surface area contributed by atoms with Crippen LogP contribution in [0.4, 0.5) is 5.69 Å². The quantitative estimate of drug-likeness (QED) is 0.911. The normalized spacial score (nSPS) is 17.1. The van der Waals surface area contributed by atoms with E-state index >= 15 is 0 Å². The predicted molar refractivity (Wildman–Crippen MR) is 80.5 cm³/mol. The number of methoxy groups -OCH3 is 1. The fraction of sp³-hybridized carbons (Fsp3) is 0.467. The molecule has 0 unspecified atom stereocenters. The molecule has 0 saturated heterocycles. The summed E-state index contributed by atoms with van der Waals surface area (Å²) in [5.41, 5.74) is -0.241. The Morgan fingerprint density at radius 2 is 2.05 bits per heavy atom. The molecule has 2 rings (SSSR count). The van der Waals surface area contributed by atoms with Crippen molar-refractivity contribution in [2.75, 3.05) is 12.4 Å². The Bertz CT molecular complexity index is 545. The van der Waals surface area contributed by atoms with Gasteiger partial charge in [0.1, 0.15) is 11.2 Å². The van der Waals surface area contributed by atoms with Crippen molar-refractivity contribution in [1.29, 1.82) is 5.26 Å². The second-order valence-corrected chi connectivity index (χ2v) is 6.00. The Labute approximate surface area is 127 Å². The summed E-state index contributed by atoms with van der Waals surface area (Å²) in [6, 6.07) is 7.59. The SMILES string of the molecule is COc1cc(Br)cc(NC(=O)C2(C#N)CCCCC2)c1. The molecule has 0 heterocycles. The van der Waals surface area contributed by atoms with Gasteiger partial charge in [-0.25, -0.2) is 0 Å². The molecule has 1 amide bonds. The molecule has 1 saturated carbocycles. The second kappa shape index (κ2) is 6.27. The molecule has 1 aromatic carbocycles. The highest BCUT2D eigenvalue weighted by Gasteiger charge is 2.39. The molecule has 1 N–H and O–H groups in total. The first-order valence-corrected chi connectivity index (χ1v) is 7.46. The minimum atomic E-state index is -0.881. The van der Waals surface area contributed by atoms with Crippen LogP contribution in [0.2, 0.25) is 0 Å². The number of nitrogens with one attached hydrogen (secondary N) is 1. The lowest BCUT2D eigenvalue weighted by atomic mass is 9.74. The maximum Gasteiger partial charge on any atom is 0.244 e. The Morgan fingerprint density at radius 1 is 1.35 bits per heavy atom. The number of amides is 1. The third kappa shape index (κ3) is 3.13. The summed E-state index contributed by atoms with van der Waals surface area (Å²) in [5.74, 6) is 0.448. The van der Waals surface area contributed by atoms with Gasteiger partial charge in [0.15, 0.2) is 0 Å². The molecule has 5 heteroatoms. The number of anilines is 1. The summed E-state index contributed by atoms with van der Waals surface area (Å²) in [7, 11) is 1.57. The Kier molecular flexibility index (Phi) is 4.66. The Hall–Kier alpha value is -1.54. The molecule has 1 aliphatic rings. The fourth-order valence-corrected chi connectivity index (χ4v) is 3.02. The first-order chi connectivity index (χ1) is 9.59. The van der Waals surface area contributed by atoms with Gasteiger partial charge in [-0.2, -0.15) is 5.26 Å². The largest absolute Gasteiger partial charge is 0.497 e. The van der Waals surface area contributed by atoms with Gasteiger partial charge in [-0.15, -0.1) is 0 Å². The van der Waals surface area contributed by atoms with Gasteiger partial charge in [0.25, 0.3) is 0 Å². The summed E-state index contributed by atoms with van der Waals surface area (Å²) >= 11 is 3.37. The summed E-state index contributed by atoms with van der Waals surface area (Å²) in [6.07, 6.45) is 4.24. The molecule has 106 valence electrons. The first kappa shape index (κ1) is 14.9. The number of hydrogen-bond donors (Lipinski definition) is 1. The summed E-state index contributed by atoms with van der Waals surface area (Å²) in [5, 5.41) is 12.2. The molecule has 0 bridgehead atoms. The molecule has 0 radical (unpaired) electrons. The van der Waals surface area contributed by atoms with E-state index in [-0.39, 0.29) is 5.91 Å². The van der Waals surface area contributed by atoms with E-state index < -0.39 is 5.41 Å². The number of nitriles is 1. The van der Waals surface area contributed by atoms with E-state index in [4.69, 9.17) is 4.74 Å². The van der Waals surface area contributed by atoms with E-state index in [1.807, 2.05) is 6.07 Å². The Balaban J connectivity index is 2.18. The highest BCUT2D eigenvalue weighted by molar-refractivity contribution is 9.10. The van der Waals surface area contributed by atoms with Gasteiger partial charge in [0.2, 0.25) is 5.91 Å². The third-order valence-electron chi connectivity index (χ3n) is 3.72. The van der Waals surface area contributed by atoms with Crippen molar-refractivity contribution in [3.8, 4) is 11.8 Å². The van der Waals surface area contributed by atoms with Crippen LogP contribution in [0.15, 0.2) is 22.7 Å². The maximum atomic E-state index is 12.4. The second-order valence-electron chi connectivity index (χ2n) is 5.09. The summed E-state index contributed by atoms with van der Waals surface area (Å²) in [6.45, 7) is 0. The predicted octanol–water partition coefficient (Wildman–Crippen LogP) is 3.87. The summed E-state index contributed by atoms with van der Waals surface area (Å²) < 4.78 is 5.99. The van der Waals surface area contributed by atoms with E-state index in [1.165, 1.54) is 0 Å². The van der Waals surface area contributed by atoms with Crippen LogP contribution in [-0.4, -0.2) is 13.0 Å². The number of benzene rings is 1. The average Bonchev–Trinajstić information content (AvgIpc) is 2.47. The highest BCUT2D eigenvalue weighted by atomic mass is 79.9. The van der Waals surface area contributed by atoms with E-state index in [9.17, 15) is 10.1 Å². The van der Waals surface area contributed by atoms with Gasteiger partial charge in [0, 0.05) is 16.2 Å². The molecule has 4 nitrogen and oxygen atoms in total. The van der Waals surface area contributed by atoms with Gasteiger partial charge in [-0.05, 0) is 25.0 Å². The molecule has 1 fully saturated rings. The number of nitrogens with zero attached hydrogens (tertiary/aromatic N) is 1. The highest BCUT2D eigenvalue weighted by Crippen LogP contribution is 2.37. The van der Waals surface area contributed by atoms with Crippen LogP contribution in [0.1, 0.15) is 32.1 Å². The van der Waals surface area contributed by atoms with E-state index in [0.29, 0.717) is 24.3 Å². The molecule has 0 atom stereocenters. The van der Waals surface area contributed by atoms with Crippen molar-refractivity contribution in [1.82, 2.24) is 0 Å². The van der Waals surface area contributed by atoms with Crippen molar-refractivity contribution >= 4 is 27.5 Å². The topological polar surface area (TPSA) is 62.1 Å². The van der Waals surface area contributed by atoms with Gasteiger partial charge in [0.05, 0.1) is 13.2 Å². The zero-order valence-corrected chi connectivity index (χ0v) is 13.0. The number of hydrogen-bond acceptors (Lipinski definition) is 3. The minimum Gasteiger partial charge on any atom is -0.497 e. The first-order valence-electron chi connectivity index (χ1n) is 6.67. The lowest BCUT2D eigenvalue weighted by Crippen LogP contribution is -2.36. The maximum absolute atomic E-state index is 12.4. The smallest absolute Gasteiger partial charge is 0.244 e. The third-order valence-corrected chi connectivity index (χ3v) is 4.18. The molecule has 1 aliphatic carbocycles. The summed E-state index contributed by atoms with van der Waals surface area (Å²) in [4.78, 5) is 12.4. The lowest BCUT2D eigenvalue weighted by Gasteiger charge is -2.29. The zero-order chi connectivity index (χ0) is 14.6. The molecule has 20 heavy (non-hydrogen) atoms. The Morgan fingerprint density at radius 3 is 2.65 bits per heavy atom. The van der Waals surface area contributed by atoms with Gasteiger partial charge in [-0.3, -0.25) is 4.79 Å². The van der Waals surface area contributed by atoms with Crippen LogP contribution in [0.5, 0.6) is 5.75 Å². The van der Waals surface area contributed by atoms with Crippen molar-refractivity contribution in [2.45, 2.75) is 32.1 Å². The molecule has 0 spiro atoms. The van der Waals surface area contributed by atoms with Crippen LogP contribution >= 0.6 is 15.9 Å². The molecular weight excluding hydrogens is 320 g/mol. The number of rotatable bonds is 3. The lowest BCUT2D eigenvalue weighted by molar-refractivity contribution is -0.124. The van der Waals surface area contributed by atoms with Crippen molar-refractivity contribution < 1.29 is 9.53 Å². The van der Waals surface area contributed by atoms with Crippen LogP contribution in [0, 0.1) is 16.7 Å². The fourth-order valence-electron chi connectivity index (χ4n) is 2.55.